The predicted molar refractivity (Wildman–Crippen MR) is 87.3 cm³/mol. The van der Waals surface area contributed by atoms with Crippen LogP contribution in [0.3, 0.4) is 0 Å². The van der Waals surface area contributed by atoms with Crippen molar-refractivity contribution in [3.05, 3.63) is 28.5 Å². The van der Waals surface area contributed by atoms with Gasteiger partial charge < -0.3 is 15.8 Å². The molecule has 0 aliphatic heterocycles. The highest BCUT2D eigenvalue weighted by Crippen LogP contribution is 2.21. The third-order valence-corrected chi connectivity index (χ3v) is 3.87. The molecule has 1 amide bonds. The number of carbonyl (C=O) groups excluding carboxylic acids is 1. The van der Waals surface area contributed by atoms with Gasteiger partial charge in [-0.3, -0.25) is 4.79 Å². The van der Waals surface area contributed by atoms with Gasteiger partial charge in [0, 0.05) is 11.0 Å². The number of ether oxygens (including phenoxy) is 1. The summed E-state index contributed by atoms with van der Waals surface area (Å²) < 4.78 is 19.3. The molecule has 1 aromatic carbocycles. The molecule has 120 valence electrons. The third-order valence-electron chi connectivity index (χ3n) is 3.38. The van der Waals surface area contributed by atoms with E-state index in [9.17, 15) is 9.18 Å². The Balaban J connectivity index is 0.00000400. The smallest absolute Gasteiger partial charge is 0.258 e. The van der Waals surface area contributed by atoms with Crippen molar-refractivity contribution in [2.24, 2.45) is 11.7 Å². The summed E-state index contributed by atoms with van der Waals surface area (Å²) in [5.41, 5.74) is 5.18. The highest BCUT2D eigenvalue weighted by atomic mass is 79.9. The number of rotatable bonds is 6. The molecule has 0 aliphatic carbocycles. The van der Waals surface area contributed by atoms with E-state index in [4.69, 9.17) is 10.5 Å². The summed E-state index contributed by atoms with van der Waals surface area (Å²) in [6, 6.07) is 4.40. The van der Waals surface area contributed by atoms with E-state index in [1.165, 1.54) is 12.1 Å². The maximum atomic E-state index is 13.5. The molecular formula is C14H21BrClFN2O2. The molecule has 0 heterocycles. The van der Waals surface area contributed by atoms with E-state index >= 15 is 0 Å². The normalized spacial score (nSPS) is 13.3. The Morgan fingerprint density at radius 1 is 1.52 bits per heavy atom. The maximum Gasteiger partial charge on any atom is 0.258 e. The Morgan fingerprint density at radius 3 is 2.62 bits per heavy atom. The fraction of sp³-hybridized carbons (Fsp3) is 0.500. The second kappa shape index (κ2) is 8.56. The van der Waals surface area contributed by atoms with Crippen LogP contribution in [0.1, 0.15) is 20.8 Å². The van der Waals surface area contributed by atoms with E-state index < -0.39 is 11.4 Å². The van der Waals surface area contributed by atoms with Crippen LogP contribution in [-0.4, -0.2) is 24.6 Å². The molecule has 1 aromatic rings. The molecule has 0 spiro atoms. The van der Waals surface area contributed by atoms with Crippen LogP contribution in [0, 0.1) is 11.7 Å². The molecule has 21 heavy (non-hydrogen) atoms. The average molecular weight is 384 g/mol. The largest absolute Gasteiger partial charge is 0.481 e. The zero-order valence-corrected chi connectivity index (χ0v) is 14.7. The van der Waals surface area contributed by atoms with Gasteiger partial charge in [-0.2, -0.15) is 0 Å². The lowest BCUT2D eigenvalue weighted by Crippen LogP contribution is -2.56. The van der Waals surface area contributed by atoms with Crippen LogP contribution < -0.4 is 15.8 Å². The van der Waals surface area contributed by atoms with Gasteiger partial charge in [0.25, 0.3) is 5.91 Å². The van der Waals surface area contributed by atoms with Crippen molar-refractivity contribution in [1.82, 2.24) is 5.32 Å². The second-order valence-corrected chi connectivity index (χ2v) is 6.10. The summed E-state index contributed by atoms with van der Waals surface area (Å²) in [4.78, 5) is 11.9. The number of halogens is 3. The topological polar surface area (TPSA) is 64.3 Å². The Kier molecular flexibility index (Phi) is 8.21. The molecule has 1 rings (SSSR count). The average Bonchev–Trinajstić information content (AvgIpc) is 2.37. The van der Waals surface area contributed by atoms with E-state index in [2.05, 4.69) is 21.2 Å². The van der Waals surface area contributed by atoms with Crippen LogP contribution in [-0.2, 0) is 4.79 Å². The first-order valence-electron chi connectivity index (χ1n) is 6.37. The van der Waals surface area contributed by atoms with Crippen molar-refractivity contribution in [2.75, 3.05) is 13.2 Å². The first-order valence-corrected chi connectivity index (χ1v) is 7.16. The van der Waals surface area contributed by atoms with Gasteiger partial charge in [-0.05, 0) is 31.0 Å². The fourth-order valence-electron chi connectivity index (χ4n) is 1.52. The van der Waals surface area contributed by atoms with Gasteiger partial charge in [-0.25, -0.2) is 4.39 Å². The minimum atomic E-state index is -0.516. The highest BCUT2D eigenvalue weighted by molar-refractivity contribution is 9.10. The summed E-state index contributed by atoms with van der Waals surface area (Å²) in [6.07, 6.45) is 0. The molecule has 7 heteroatoms. The Morgan fingerprint density at radius 2 is 2.14 bits per heavy atom. The second-order valence-electron chi connectivity index (χ2n) is 5.19. The lowest BCUT2D eigenvalue weighted by Gasteiger charge is -2.33. The van der Waals surface area contributed by atoms with E-state index in [0.29, 0.717) is 11.0 Å². The van der Waals surface area contributed by atoms with E-state index in [-0.39, 0.29) is 36.6 Å². The molecule has 0 fully saturated rings. The molecule has 0 aliphatic rings. The summed E-state index contributed by atoms with van der Waals surface area (Å²) >= 11 is 3.15. The third kappa shape index (κ3) is 5.80. The van der Waals surface area contributed by atoms with Crippen LogP contribution in [0.4, 0.5) is 4.39 Å². The molecule has 1 atom stereocenters. The van der Waals surface area contributed by atoms with Crippen LogP contribution in [0.15, 0.2) is 22.7 Å². The molecule has 0 aromatic heterocycles. The van der Waals surface area contributed by atoms with Crippen LogP contribution >= 0.6 is 28.3 Å². The van der Waals surface area contributed by atoms with Gasteiger partial charge in [-0.1, -0.05) is 29.8 Å². The summed E-state index contributed by atoms with van der Waals surface area (Å²) in [5, 5.41) is 2.82. The van der Waals surface area contributed by atoms with E-state index in [1.807, 2.05) is 20.8 Å². The standard InChI is InChI=1S/C14H20BrFN2O2.ClH/c1-9(2)14(3,8-17)18-13(19)7-20-12-5-4-10(15)6-11(12)16;/h4-6,9H,7-8,17H2,1-3H3,(H,18,19);1H. The minimum Gasteiger partial charge on any atom is -0.481 e. The monoisotopic (exact) mass is 382 g/mol. The molecule has 4 nitrogen and oxygen atoms in total. The number of amides is 1. The zero-order chi connectivity index (χ0) is 15.3. The molecule has 0 saturated heterocycles. The van der Waals surface area contributed by atoms with Crippen molar-refractivity contribution >= 4 is 34.2 Å². The van der Waals surface area contributed by atoms with E-state index in [1.54, 1.807) is 6.07 Å². The minimum absolute atomic E-state index is 0. The van der Waals surface area contributed by atoms with Crippen molar-refractivity contribution in [3.63, 3.8) is 0 Å². The van der Waals surface area contributed by atoms with Crippen molar-refractivity contribution in [3.8, 4) is 5.75 Å². The predicted octanol–water partition coefficient (Wildman–Crippen LogP) is 2.88. The Hall–Kier alpha value is -0.850. The number of carbonyl (C=O) groups is 1. The maximum absolute atomic E-state index is 13.5. The van der Waals surface area contributed by atoms with Gasteiger partial charge in [0.05, 0.1) is 5.54 Å². The summed E-state index contributed by atoms with van der Waals surface area (Å²) in [6.45, 7) is 5.89. The molecular weight excluding hydrogens is 363 g/mol. The summed E-state index contributed by atoms with van der Waals surface area (Å²) in [7, 11) is 0. The van der Waals surface area contributed by atoms with Crippen molar-refractivity contribution in [2.45, 2.75) is 26.3 Å². The first-order chi connectivity index (χ1) is 9.28. The number of hydrogen-bond donors (Lipinski definition) is 2. The molecule has 0 radical (unpaired) electrons. The Bertz CT molecular complexity index is 488. The van der Waals surface area contributed by atoms with Gasteiger partial charge in [-0.15, -0.1) is 12.4 Å². The molecule has 0 bridgehead atoms. The van der Waals surface area contributed by atoms with Crippen LogP contribution in [0.25, 0.3) is 0 Å². The zero-order valence-electron chi connectivity index (χ0n) is 12.3. The van der Waals surface area contributed by atoms with Crippen molar-refractivity contribution in [1.29, 1.82) is 0 Å². The lowest BCUT2D eigenvalue weighted by molar-refractivity contribution is -0.125. The van der Waals surface area contributed by atoms with Gasteiger partial charge in [0.1, 0.15) is 0 Å². The quantitative estimate of drug-likeness (QED) is 0.794. The van der Waals surface area contributed by atoms with Crippen molar-refractivity contribution < 1.29 is 13.9 Å². The van der Waals surface area contributed by atoms with Gasteiger partial charge >= 0.3 is 0 Å². The van der Waals surface area contributed by atoms with E-state index in [0.717, 1.165) is 0 Å². The van der Waals surface area contributed by atoms with Gasteiger partial charge in [0.15, 0.2) is 18.2 Å². The number of hydrogen-bond acceptors (Lipinski definition) is 3. The Labute approximate surface area is 139 Å². The molecule has 1 unspecified atom stereocenters. The highest BCUT2D eigenvalue weighted by Gasteiger charge is 2.28. The lowest BCUT2D eigenvalue weighted by atomic mass is 9.88. The van der Waals surface area contributed by atoms with Crippen LogP contribution in [0.2, 0.25) is 0 Å². The number of nitrogens with two attached hydrogens (primary N) is 1. The summed E-state index contributed by atoms with van der Waals surface area (Å²) in [5.74, 6) is -0.616. The SMILES string of the molecule is CC(C)C(C)(CN)NC(=O)COc1ccc(Br)cc1F.Cl. The van der Waals surface area contributed by atoms with Gasteiger partial charge in [0.2, 0.25) is 0 Å². The number of nitrogens with one attached hydrogen (secondary N) is 1. The number of benzene rings is 1. The van der Waals surface area contributed by atoms with Crippen LogP contribution in [0.5, 0.6) is 5.75 Å². The molecule has 3 N–H and O–H groups in total. The molecule has 0 saturated carbocycles. The fourth-order valence-corrected chi connectivity index (χ4v) is 1.85. The first kappa shape index (κ1) is 20.1.